The molecule has 0 aliphatic carbocycles. The van der Waals surface area contributed by atoms with Gasteiger partial charge in [0, 0.05) is 31.5 Å². The molecule has 7 heteroatoms. The van der Waals surface area contributed by atoms with Crippen molar-refractivity contribution < 1.29 is 4.79 Å². The van der Waals surface area contributed by atoms with Gasteiger partial charge in [0.2, 0.25) is 0 Å². The van der Waals surface area contributed by atoms with Crippen LogP contribution < -0.4 is 5.32 Å². The summed E-state index contributed by atoms with van der Waals surface area (Å²) in [7, 11) is 1.77. The number of benzene rings is 1. The van der Waals surface area contributed by atoms with Crippen molar-refractivity contribution >= 4 is 23.2 Å². The molecule has 0 aliphatic rings. The second-order valence-corrected chi connectivity index (χ2v) is 5.49. The average Bonchev–Trinajstić information content (AvgIpc) is 3.14. The van der Waals surface area contributed by atoms with Crippen LogP contribution in [0.1, 0.15) is 17.3 Å². The van der Waals surface area contributed by atoms with Crippen molar-refractivity contribution in [2.24, 2.45) is 7.05 Å². The molecule has 23 heavy (non-hydrogen) atoms. The van der Waals surface area contributed by atoms with Crippen LogP contribution in [0, 0.1) is 0 Å². The van der Waals surface area contributed by atoms with Gasteiger partial charge in [-0.25, -0.2) is 0 Å². The molecule has 1 aromatic carbocycles. The first-order valence-electron chi connectivity index (χ1n) is 7.21. The maximum absolute atomic E-state index is 12.6. The number of nitrogens with zero attached hydrogens (tertiary/aromatic N) is 4. The Morgan fingerprint density at radius 2 is 2.09 bits per heavy atom. The normalized spacial score (nSPS) is 10.7. The molecule has 0 aliphatic heterocycles. The second kappa shape index (κ2) is 6.26. The highest BCUT2D eigenvalue weighted by molar-refractivity contribution is 6.33. The van der Waals surface area contributed by atoms with Gasteiger partial charge in [0.15, 0.2) is 0 Å². The molecule has 0 radical (unpaired) electrons. The molecule has 0 spiro atoms. The lowest BCUT2D eigenvalue weighted by Gasteiger charge is -2.04. The van der Waals surface area contributed by atoms with E-state index in [9.17, 15) is 4.79 Å². The molecule has 0 saturated heterocycles. The third-order valence-corrected chi connectivity index (χ3v) is 3.75. The quantitative estimate of drug-likeness (QED) is 0.799. The van der Waals surface area contributed by atoms with Crippen LogP contribution in [-0.4, -0.2) is 25.5 Å². The summed E-state index contributed by atoms with van der Waals surface area (Å²) < 4.78 is 3.34. The van der Waals surface area contributed by atoms with Crippen molar-refractivity contribution in [2.45, 2.75) is 13.5 Å². The summed E-state index contributed by atoms with van der Waals surface area (Å²) >= 11 is 6.23. The minimum absolute atomic E-state index is 0.247. The Bertz CT molecular complexity index is 852. The molecule has 118 valence electrons. The summed E-state index contributed by atoms with van der Waals surface area (Å²) in [6, 6.07) is 7.33. The molecule has 1 N–H and O–H groups in total. The predicted octanol–water partition coefficient (Wildman–Crippen LogP) is 3.21. The molecule has 3 rings (SSSR count). The minimum Gasteiger partial charge on any atom is -0.319 e. The van der Waals surface area contributed by atoms with Gasteiger partial charge in [-0.05, 0) is 13.0 Å². The predicted molar refractivity (Wildman–Crippen MR) is 89.5 cm³/mol. The molecule has 1 amide bonds. The summed E-state index contributed by atoms with van der Waals surface area (Å²) in [4.78, 5) is 12.6. The van der Waals surface area contributed by atoms with E-state index < -0.39 is 0 Å². The Morgan fingerprint density at radius 1 is 1.30 bits per heavy atom. The third-order valence-electron chi connectivity index (χ3n) is 3.42. The molecule has 6 nitrogen and oxygen atoms in total. The first-order valence-corrected chi connectivity index (χ1v) is 7.58. The van der Waals surface area contributed by atoms with E-state index >= 15 is 0 Å². The maximum atomic E-state index is 12.6. The first-order chi connectivity index (χ1) is 11.1. The topological polar surface area (TPSA) is 64.7 Å². The molecular formula is C16H16ClN5O. The van der Waals surface area contributed by atoms with Crippen molar-refractivity contribution in [3.63, 3.8) is 0 Å². The number of carbonyl (C=O) groups excluding carboxylic acids is 1. The van der Waals surface area contributed by atoms with Crippen LogP contribution in [-0.2, 0) is 13.6 Å². The van der Waals surface area contributed by atoms with Crippen LogP contribution >= 0.6 is 11.6 Å². The lowest BCUT2D eigenvalue weighted by Crippen LogP contribution is -2.12. The molecular weight excluding hydrogens is 314 g/mol. The van der Waals surface area contributed by atoms with Crippen molar-refractivity contribution in [1.82, 2.24) is 19.6 Å². The molecule has 0 bridgehead atoms. The number of aromatic nitrogens is 4. The fourth-order valence-electron chi connectivity index (χ4n) is 2.31. The Hall–Kier alpha value is -2.60. The zero-order valence-electron chi connectivity index (χ0n) is 12.8. The number of aryl methyl sites for hydroxylation is 2. The molecule has 0 unspecified atom stereocenters. The fourth-order valence-corrected chi connectivity index (χ4v) is 2.53. The van der Waals surface area contributed by atoms with Gasteiger partial charge >= 0.3 is 0 Å². The highest BCUT2D eigenvalue weighted by atomic mass is 35.5. The molecule has 3 aromatic rings. The summed E-state index contributed by atoms with van der Waals surface area (Å²) in [6.45, 7) is 2.73. The number of amides is 1. The van der Waals surface area contributed by atoms with E-state index in [4.69, 9.17) is 11.6 Å². The third kappa shape index (κ3) is 3.12. The SMILES string of the molecule is CCn1cc(NC(=O)c2cn(C)nc2-c2ccccc2Cl)cn1. The fraction of sp³-hybridized carbons (Fsp3) is 0.188. The first kappa shape index (κ1) is 15.3. The molecule has 2 aromatic heterocycles. The number of rotatable bonds is 4. The second-order valence-electron chi connectivity index (χ2n) is 5.08. The van der Waals surface area contributed by atoms with Crippen LogP contribution in [0.3, 0.4) is 0 Å². The smallest absolute Gasteiger partial charge is 0.259 e. The van der Waals surface area contributed by atoms with E-state index in [1.807, 2.05) is 25.1 Å². The zero-order chi connectivity index (χ0) is 16.4. The number of hydrogen-bond acceptors (Lipinski definition) is 3. The number of hydrogen-bond donors (Lipinski definition) is 1. The van der Waals surface area contributed by atoms with E-state index in [0.717, 1.165) is 12.1 Å². The van der Waals surface area contributed by atoms with Crippen molar-refractivity contribution in [3.05, 3.63) is 53.4 Å². The Labute approximate surface area is 138 Å². The summed E-state index contributed by atoms with van der Waals surface area (Å²) in [5, 5.41) is 11.9. The molecule has 0 saturated carbocycles. The summed E-state index contributed by atoms with van der Waals surface area (Å²) in [5.74, 6) is -0.247. The van der Waals surface area contributed by atoms with Gasteiger partial charge in [0.1, 0.15) is 5.69 Å². The van der Waals surface area contributed by atoms with Crippen molar-refractivity contribution in [1.29, 1.82) is 0 Å². The highest BCUT2D eigenvalue weighted by Crippen LogP contribution is 2.29. The lowest BCUT2D eigenvalue weighted by atomic mass is 10.1. The number of halogens is 1. The Kier molecular flexibility index (Phi) is 4.16. The Morgan fingerprint density at radius 3 is 2.78 bits per heavy atom. The largest absolute Gasteiger partial charge is 0.319 e. The van der Waals surface area contributed by atoms with Gasteiger partial charge in [0.25, 0.3) is 5.91 Å². The number of carbonyl (C=O) groups is 1. The molecule has 0 atom stereocenters. The van der Waals surface area contributed by atoms with Gasteiger partial charge in [-0.15, -0.1) is 0 Å². The summed E-state index contributed by atoms with van der Waals surface area (Å²) in [6.07, 6.45) is 5.08. The number of anilines is 1. The monoisotopic (exact) mass is 329 g/mol. The minimum atomic E-state index is -0.247. The van der Waals surface area contributed by atoms with Gasteiger partial charge in [0.05, 0.1) is 22.5 Å². The van der Waals surface area contributed by atoms with Gasteiger partial charge in [-0.2, -0.15) is 10.2 Å². The van der Waals surface area contributed by atoms with E-state index in [2.05, 4.69) is 15.5 Å². The maximum Gasteiger partial charge on any atom is 0.259 e. The van der Waals surface area contributed by atoms with Crippen molar-refractivity contribution in [2.75, 3.05) is 5.32 Å². The summed E-state index contributed by atoms with van der Waals surface area (Å²) in [5.41, 5.74) is 2.39. The van der Waals surface area contributed by atoms with E-state index in [1.165, 1.54) is 0 Å². The van der Waals surface area contributed by atoms with Crippen molar-refractivity contribution in [3.8, 4) is 11.3 Å². The van der Waals surface area contributed by atoms with Gasteiger partial charge in [-0.1, -0.05) is 29.8 Å². The van der Waals surface area contributed by atoms with Crippen LogP contribution in [0.2, 0.25) is 5.02 Å². The molecule has 2 heterocycles. The molecule has 0 fully saturated rings. The Balaban J connectivity index is 1.94. The van der Waals surface area contributed by atoms with E-state index in [1.54, 1.807) is 41.1 Å². The van der Waals surface area contributed by atoms with E-state index in [0.29, 0.717) is 22.0 Å². The lowest BCUT2D eigenvalue weighted by molar-refractivity contribution is 0.102. The standard InChI is InChI=1S/C16H16ClN5O/c1-3-22-9-11(8-18-22)19-16(23)13-10-21(2)20-15(13)12-6-4-5-7-14(12)17/h4-10H,3H2,1-2H3,(H,19,23). The van der Waals surface area contributed by atoms with Crippen LogP contribution in [0.5, 0.6) is 0 Å². The number of nitrogens with one attached hydrogen (secondary N) is 1. The van der Waals surface area contributed by atoms with E-state index in [-0.39, 0.29) is 5.91 Å². The highest BCUT2D eigenvalue weighted by Gasteiger charge is 2.19. The van der Waals surface area contributed by atoms with Gasteiger partial charge in [-0.3, -0.25) is 14.2 Å². The van der Waals surface area contributed by atoms with Crippen LogP contribution in [0.4, 0.5) is 5.69 Å². The average molecular weight is 330 g/mol. The van der Waals surface area contributed by atoms with Crippen LogP contribution in [0.25, 0.3) is 11.3 Å². The van der Waals surface area contributed by atoms with Gasteiger partial charge < -0.3 is 5.32 Å². The van der Waals surface area contributed by atoms with Crippen LogP contribution in [0.15, 0.2) is 42.9 Å². The zero-order valence-corrected chi connectivity index (χ0v) is 13.6.